The van der Waals surface area contributed by atoms with E-state index in [-0.39, 0.29) is 12.2 Å². The lowest BCUT2D eigenvalue weighted by molar-refractivity contribution is -0.140. The smallest absolute Gasteiger partial charge is 0.310 e. The van der Waals surface area contributed by atoms with E-state index in [0.717, 1.165) is 30.6 Å². The molecule has 0 saturated carbocycles. The lowest BCUT2D eigenvalue weighted by Crippen LogP contribution is -2.06. The van der Waals surface area contributed by atoms with Gasteiger partial charge < -0.3 is 9.84 Å². The lowest BCUT2D eigenvalue weighted by Gasteiger charge is -2.07. The molecule has 2 rings (SSSR count). The van der Waals surface area contributed by atoms with Crippen LogP contribution in [0.2, 0.25) is 0 Å². The minimum Gasteiger partial charge on any atom is -0.489 e. The van der Waals surface area contributed by atoms with Gasteiger partial charge in [0, 0.05) is 6.42 Å². The largest absolute Gasteiger partial charge is 0.489 e. The number of carbonyl (C=O) groups excluding carboxylic acids is 1. The fourth-order valence-electron chi connectivity index (χ4n) is 2.40. The summed E-state index contributed by atoms with van der Waals surface area (Å²) in [6.45, 7) is 0.547. The Bertz CT molecular complexity index is 647. The van der Waals surface area contributed by atoms with Crippen molar-refractivity contribution >= 4 is 11.8 Å². The van der Waals surface area contributed by atoms with E-state index in [1.54, 1.807) is 0 Å². The van der Waals surface area contributed by atoms with Crippen LogP contribution in [0.25, 0.3) is 0 Å². The number of ether oxygens (including phenoxy) is 1. The van der Waals surface area contributed by atoms with Gasteiger partial charge in [0.1, 0.15) is 24.6 Å². The van der Waals surface area contributed by atoms with Crippen LogP contribution >= 0.6 is 0 Å². The summed E-state index contributed by atoms with van der Waals surface area (Å²) in [5.41, 5.74) is 2.32. The highest BCUT2D eigenvalue weighted by Gasteiger charge is 2.07. The number of carboxylic acids is 1. The molecule has 126 valence electrons. The quantitative estimate of drug-likeness (QED) is 0.529. The van der Waals surface area contributed by atoms with E-state index >= 15 is 0 Å². The van der Waals surface area contributed by atoms with Crippen molar-refractivity contribution in [2.75, 3.05) is 0 Å². The number of carbonyl (C=O) groups is 2. The number of aliphatic carboxylic acids is 1. The monoisotopic (exact) mass is 326 g/mol. The molecule has 2 aromatic rings. The summed E-state index contributed by atoms with van der Waals surface area (Å²) in [6.07, 6.45) is 2.44. The number of carboxylic acid groups (broad SMARTS) is 1. The van der Waals surface area contributed by atoms with Gasteiger partial charge in [-0.3, -0.25) is 9.59 Å². The van der Waals surface area contributed by atoms with E-state index in [2.05, 4.69) is 0 Å². The zero-order chi connectivity index (χ0) is 17.2. The standard InChI is InChI=1S/C20H22O4/c21-18(14-20(22)23)9-5-4-6-16-10-12-19(13-11-16)24-15-17-7-2-1-3-8-17/h1-3,7-8,10-13H,4-6,9,14-15H2,(H,22,23). The topological polar surface area (TPSA) is 63.6 Å². The van der Waals surface area contributed by atoms with Crippen molar-refractivity contribution in [2.45, 2.75) is 38.7 Å². The van der Waals surface area contributed by atoms with Crippen LogP contribution in [0.1, 0.15) is 36.8 Å². The number of aryl methyl sites for hydroxylation is 1. The van der Waals surface area contributed by atoms with Gasteiger partial charge in [0.2, 0.25) is 0 Å². The third kappa shape index (κ3) is 6.65. The molecule has 0 saturated heterocycles. The Morgan fingerprint density at radius 1 is 0.875 bits per heavy atom. The van der Waals surface area contributed by atoms with Crippen LogP contribution in [0, 0.1) is 0 Å². The molecule has 0 spiro atoms. The summed E-state index contributed by atoms with van der Waals surface area (Å²) in [7, 11) is 0. The SMILES string of the molecule is O=C(O)CC(=O)CCCCc1ccc(OCc2ccccc2)cc1. The van der Waals surface area contributed by atoms with Crippen molar-refractivity contribution in [1.29, 1.82) is 0 Å². The molecule has 0 radical (unpaired) electrons. The van der Waals surface area contributed by atoms with E-state index in [4.69, 9.17) is 9.84 Å². The minimum atomic E-state index is -1.05. The highest BCUT2D eigenvalue weighted by Crippen LogP contribution is 2.16. The lowest BCUT2D eigenvalue weighted by atomic mass is 10.0. The summed E-state index contributed by atoms with van der Waals surface area (Å²) < 4.78 is 5.74. The second-order valence-corrected chi connectivity index (χ2v) is 5.73. The summed E-state index contributed by atoms with van der Waals surface area (Å²) in [4.78, 5) is 21.7. The second-order valence-electron chi connectivity index (χ2n) is 5.73. The van der Waals surface area contributed by atoms with Crippen molar-refractivity contribution in [1.82, 2.24) is 0 Å². The van der Waals surface area contributed by atoms with Gasteiger partial charge in [0.15, 0.2) is 0 Å². The Labute approximate surface area is 142 Å². The predicted octanol–water partition coefficient (Wildman–Crippen LogP) is 4.02. The number of unbranched alkanes of at least 4 members (excludes halogenated alkanes) is 1. The molecule has 24 heavy (non-hydrogen) atoms. The fraction of sp³-hybridized carbons (Fsp3) is 0.300. The first kappa shape index (κ1) is 17.7. The maximum Gasteiger partial charge on any atom is 0.310 e. The zero-order valence-corrected chi connectivity index (χ0v) is 13.6. The fourth-order valence-corrected chi connectivity index (χ4v) is 2.40. The van der Waals surface area contributed by atoms with Gasteiger partial charge in [-0.2, -0.15) is 0 Å². The molecule has 0 heterocycles. The highest BCUT2D eigenvalue weighted by atomic mass is 16.5. The summed E-state index contributed by atoms with van der Waals surface area (Å²) in [5.74, 6) is -0.419. The van der Waals surface area contributed by atoms with Crippen LogP contribution in [0.3, 0.4) is 0 Å². The van der Waals surface area contributed by atoms with Gasteiger partial charge in [-0.25, -0.2) is 0 Å². The molecule has 0 amide bonds. The van der Waals surface area contributed by atoms with Gasteiger partial charge in [-0.05, 0) is 42.5 Å². The van der Waals surface area contributed by atoms with Gasteiger partial charge >= 0.3 is 5.97 Å². The van der Waals surface area contributed by atoms with E-state index in [1.165, 1.54) is 5.56 Å². The van der Waals surface area contributed by atoms with Crippen molar-refractivity contribution in [3.05, 3.63) is 65.7 Å². The normalized spacial score (nSPS) is 10.3. The maximum absolute atomic E-state index is 11.3. The first-order valence-electron chi connectivity index (χ1n) is 8.12. The molecule has 4 heteroatoms. The number of rotatable bonds is 10. The van der Waals surface area contributed by atoms with Gasteiger partial charge in [-0.1, -0.05) is 42.5 Å². The van der Waals surface area contributed by atoms with Crippen molar-refractivity contribution < 1.29 is 19.4 Å². The minimum absolute atomic E-state index is 0.202. The molecule has 0 aromatic heterocycles. The molecule has 0 bridgehead atoms. The Morgan fingerprint density at radius 2 is 1.58 bits per heavy atom. The average Bonchev–Trinajstić information content (AvgIpc) is 2.58. The van der Waals surface area contributed by atoms with Crippen molar-refractivity contribution in [2.24, 2.45) is 0 Å². The summed E-state index contributed by atoms with van der Waals surface area (Å²) in [5, 5.41) is 8.53. The first-order chi connectivity index (χ1) is 11.6. The van der Waals surface area contributed by atoms with E-state index in [9.17, 15) is 9.59 Å². The molecule has 0 aliphatic rings. The maximum atomic E-state index is 11.3. The van der Waals surface area contributed by atoms with Gasteiger partial charge in [-0.15, -0.1) is 0 Å². The predicted molar refractivity (Wildman–Crippen MR) is 92.0 cm³/mol. The van der Waals surface area contributed by atoms with Crippen LogP contribution < -0.4 is 4.74 Å². The van der Waals surface area contributed by atoms with Crippen LogP contribution in [-0.4, -0.2) is 16.9 Å². The molecule has 0 atom stereocenters. The molecular formula is C20H22O4. The number of benzene rings is 2. The third-order valence-electron chi connectivity index (χ3n) is 3.69. The highest BCUT2D eigenvalue weighted by molar-refractivity contribution is 5.94. The van der Waals surface area contributed by atoms with Crippen LogP contribution in [-0.2, 0) is 22.6 Å². The molecule has 0 unspecified atom stereocenters. The van der Waals surface area contributed by atoms with Crippen molar-refractivity contribution in [3.8, 4) is 5.75 Å². The number of Topliss-reactive ketones (excluding diaryl/α,β-unsaturated/α-hetero) is 1. The summed E-state index contributed by atoms with van der Waals surface area (Å²) >= 11 is 0. The van der Waals surface area contributed by atoms with Crippen LogP contribution in [0.4, 0.5) is 0 Å². The Morgan fingerprint density at radius 3 is 2.25 bits per heavy atom. The molecular weight excluding hydrogens is 304 g/mol. The molecule has 4 nitrogen and oxygen atoms in total. The Balaban J connectivity index is 1.68. The van der Waals surface area contributed by atoms with E-state index in [0.29, 0.717) is 13.0 Å². The zero-order valence-electron chi connectivity index (χ0n) is 13.6. The van der Waals surface area contributed by atoms with E-state index in [1.807, 2.05) is 54.6 Å². The van der Waals surface area contributed by atoms with Crippen LogP contribution in [0.15, 0.2) is 54.6 Å². The average molecular weight is 326 g/mol. The third-order valence-corrected chi connectivity index (χ3v) is 3.69. The summed E-state index contributed by atoms with van der Waals surface area (Å²) in [6, 6.07) is 18.0. The molecule has 2 aromatic carbocycles. The Kier molecular flexibility index (Phi) is 7.02. The molecule has 1 N–H and O–H groups in total. The number of hydrogen-bond donors (Lipinski definition) is 1. The molecule has 0 fully saturated rings. The first-order valence-corrected chi connectivity index (χ1v) is 8.12. The van der Waals surface area contributed by atoms with Gasteiger partial charge in [0.05, 0.1) is 0 Å². The molecule has 0 aliphatic heterocycles. The van der Waals surface area contributed by atoms with Crippen LogP contribution in [0.5, 0.6) is 5.75 Å². The van der Waals surface area contributed by atoms with Crippen molar-refractivity contribution in [3.63, 3.8) is 0 Å². The Hall–Kier alpha value is -2.62. The number of hydrogen-bond acceptors (Lipinski definition) is 3. The van der Waals surface area contributed by atoms with Gasteiger partial charge in [0.25, 0.3) is 0 Å². The number of ketones is 1. The van der Waals surface area contributed by atoms with E-state index < -0.39 is 5.97 Å². The molecule has 0 aliphatic carbocycles. The second kappa shape index (κ2) is 9.50.